The van der Waals surface area contributed by atoms with Gasteiger partial charge in [0.2, 0.25) is 5.91 Å². The zero-order valence-corrected chi connectivity index (χ0v) is 13.3. The third-order valence-electron chi connectivity index (χ3n) is 3.42. The minimum absolute atomic E-state index is 0.0185. The Labute approximate surface area is 142 Å². The first kappa shape index (κ1) is 18.1. The number of amides is 1. The van der Waals surface area contributed by atoms with Crippen molar-refractivity contribution in [1.29, 1.82) is 0 Å². The molecule has 0 saturated heterocycles. The summed E-state index contributed by atoms with van der Waals surface area (Å²) in [6.07, 6.45) is -0.249. The van der Waals surface area contributed by atoms with Crippen molar-refractivity contribution in [2.75, 3.05) is 12.4 Å². The van der Waals surface area contributed by atoms with Crippen LogP contribution in [0.15, 0.2) is 42.5 Å². The fourth-order valence-electron chi connectivity index (χ4n) is 2.12. The van der Waals surface area contributed by atoms with E-state index >= 15 is 0 Å². The van der Waals surface area contributed by atoms with E-state index in [-0.39, 0.29) is 35.7 Å². The van der Waals surface area contributed by atoms with E-state index in [1.165, 1.54) is 37.4 Å². The second kappa shape index (κ2) is 8.00. The van der Waals surface area contributed by atoms with Gasteiger partial charge >= 0.3 is 0 Å². The van der Waals surface area contributed by atoms with Crippen LogP contribution < -0.4 is 10.1 Å². The summed E-state index contributed by atoms with van der Waals surface area (Å²) in [4.78, 5) is 34.3. The molecule has 0 aliphatic heterocycles. The number of benzene rings is 2. The van der Waals surface area contributed by atoms with Gasteiger partial charge in [0.25, 0.3) is 5.69 Å². The predicted octanol–water partition coefficient (Wildman–Crippen LogP) is 3.34. The number of nitrogens with one attached hydrogen (secondary N) is 1. The van der Waals surface area contributed by atoms with Crippen LogP contribution in [0.4, 0.5) is 15.8 Å². The lowest BCUT2D eigenvalue weighted by Gasteiger charge is -2.07. The van der Waals surface area contributed by atoms with E-state index < -0.39 is 16.6 Å². The molecule has 0 saturated carbocycles. The Morgan fingerprint density at radius 1 is 1.16 bits per heavy atom. The van der Waals surface area contributed by atoms with Crippen LogP contribution in [0, 0.1) is 15.9 Å². The van der Waals surface area contributed by atoms with E-state index in [4.69, 9.17) is 4.74 Å². The van der Waals surface area contributed by atoms with Crippen molar-refractivity contribution in [3.8, 4) is 5.75 Å². The van der Waals surface area contributed by atoms with Crippen molar-refractivity contribution in [3.63, 3.8) is 0 Å². The zero-order valence-electron chi connectivity index (χ0n) is 13.3. The van der Waals surface area contributed by atoms with Crippen LogP contribution in [0.2, 0.25) is 0 Å². The van der Waals surface area contributed by atoms with Gasteiger partial charge in [-0.2, -0.15) is 0 Å². The molecule has 2 rings (SSSR count). The van der Waals surface area contributed by atoms with Gasteiger partial charge in [-0.15, -0.1) is 0 Å². The quantitative estimate of drug-likeness (QED) is 0.471. The number of rotatable bonds is 7. The maximum atomic E-state index is 12.8. The van der Waals surface area contributed by atoms with Gasteiger partial charge in [-0.3, -0.25) is 19.7 Å². The Bertz CT molecular complexity index is 805. The summed E-state index contributed by atoms with van der Waals surface area (Å²) in [6, 6.07) is 9.03. The van der Waals surface area contributed by atoms with Crippen LogP contribution in [0.1, 0.15) is 23.2 Å². The number of halogens is 1. The third kappa shape index (κ3) is 4.84. The molecule has 0 unspecified atom stereocenters. The molecule has 0 radical (unpaired) electrons. The van der Waals surface area contributed by atoms with Gasteiger partial charge in [0, 0.05) is 18.4 Å². The van der Waals surface area contributed by atoms with Gasteiger partial charge < -0.3 is 10.1 Å². The van der Waals surface area contributed by atoms with Crippen LogP contribution in [-0.4, -0.2) is 23.7 Å². The second-order valence-corrected chi connectivity index (χ2v) is 5.12. The summed E-state index contributed by atoms with van der Waals surface area (Å²) < 4.78 is 17.7. The normalized spacial score (nSPS) is 10.2. The standard InChI is InChI=1S/C17H15FN2O5/c1-25-13-6-7-14(15(10-13)20(23)24)19-17(22)9-8-16(21)11-2-4-12(18)5-3-11/h2-7,10H,8-9H2,1H3,(H,19,22). The number of ether oxygens (including phenoxy) is 1. The number of hydrogen-bond acceptors (Lipinski definition) is 5. The highest BCUT2D eigenvalue weighted by molar-refractivity contribution is 6.00. The fraction of sp³-hybridized carbons (Fsp3) is 0.176. The number of hydrogen-bond donors (Lipinski definition) is 1. The molecule has 2 aromatic rings. The Hall–Kier alpha value is -3.29. The van der Waals surface area contributed by atoms with E-state index in [9.17, 15) is 24.1 Å². The summed E-state index contributed by atoms with van der Waals surface area (Å²) in [7, 11) is 1.37. The first-order chi connectivity index (χ1) is 11.9. The number of nitro groups is 1. The monoisotopic (exact) mass is 346 g/mol. The Morgan fingerprint density at radius 2 is 1.84 bits per heavy atom. The summed E-state index contributed by atoms with van der Waals surface area (Å²) >= 11 is 0. The molecule has 8 heteroatoms. The Balaban J connectivity index is 1.99. The summed E-state index contributed by atoms with van der Waals surface area (Å²) in [6.45, 7) is 0. The lowest BCUT2D eigenvalue weighted by atomic mass is 10.1. The first-order valence-corrected chi connectivity index (χ1v) is 7.31. The maximum absolute atomic E-state index is 12.8. The van der Waals surface area contributed by atoms with Crippen molar-refractivity contribution in [2.24, 2.45) is 0 Å². The van der Waals surface area contributed by atoms with E-state index in [1.807, 2.05) is 0 Å². The number of carbonyl (C=O) groups excluding carboxylic acids is 2. The predicted molar refractivity (Wildman–Crippen MR) is 88.2 cm³/mol. The maximum Gasteiger partial charge on any atom is 0.296 e. The smallest absolute Gasteiger partial charge is 0.296 e. The molecule has 0 aliphatic carbocycles. The van der Waals surface area contributed by atoms with Crippen LogP contribution >= 0.6 is 0 Å². The second-order valence-electron chi connectivity index (χ2n) is 5.12. The molecule has 0 bridgehead atoms. The minimum atomic E-state index is -0.637. The molecule has 0 spiro atoms. The molecule has 0 aromatic heterocycles. The van der Waals surface area contributed by atoms with Crippen molar-refractivity contribution in [1.82, 2.24) is 0 Å². The van der Waals surface area contributed by atoms with Crippen molar-refractivity contribution < 1.29 is 23.6 Å². The average molecular weight is 346 g/mol. The molecular formula is C17H15FN2O5. The number of nitro benzene ring substituents is 1. The molecule has 25 heavy (non-hydrogen) atoms. The van der Waals surface area contributed by atoms with Crippen LogP contribution in [-0.2, 0) is 4.79 Å². The number of ketones is 1. The molecule has 0 heterocycles. The number of Topliss-reactive ketones (excluding diaryl/α,β-unsaturated/α-hetero) is 1. The van der Waals surface area contributed by atoms with Crippen LogP contribution in [0.25, 0.3) is 0 Å². The number of nitrogens with zero attached hydrogens (tertiary/aromatic N) is 1. The first-order valence-electron chi connectivity index (χ1n) is 7.31. The average Bonchev–Trinajstić information content (AvgIpc) is 2.60. The largest absolute Gasteiger partial charge is 0.496 e. The summed E-state index contributed by atoms with van der Waals surface area (Å²) in [5.41, 5.74) is 0.00669. The van der Waals surface area contributed by atoms with Gasteiger partial charge in [-0.05, 0) is 36.4 Å². The number of anilines is 1. The lowest BCUT2D eigenvalue weighted by molar-refractivity contribution is -0.384. The van der Waals surface area contributed by atoms with Crippen LogP contribution in [0.3, 0.4) is 0 Å². The minimum Gasteiger partial charge on any atom is -0.496 e. The van der Waals surface area contributed by atoms with Gasteiger partial charge in [-0.25, -0.2) is 4.39 Å². The Kier molecular flexibility index (Phi) is 5.78. The Morgan fingerprint density at radius 3 is 2.44 bits per heavy atom. The van der Waals surface area contributed by atoms with Gasteiger partial charge in [0.05, 0.1) is 18.1 Å². The van der Waals surface area contributed by atoms with E-state index in [0.29, 0.717) is 5.56 Å². The zero-order chi connectivity index (χ0) is 18.4. The molecule has 0 aliphatic rings. The van der Waals surface area contributed by atoms with Gasteiger partial charge in [0.1, 0.15) is 17.3 Å². The van der Waals surface area contributed by atoms with Crippen molar-refractivity contribution >= 4 is 23.1 Å². The number of carbonyl (C=O) groups is 2. The topological polar surface area (TPSA) is 98.5 Å². The highest BCUT2D eigenvalue weighted by atomic mass is 19.1. The third-order valence-corrected chi connectivity index (χ3v) is 3.42. The van der Waals surface area contributed by atoms with Gasteiger partial charge in [-0.1, -0.05) is 0 Å². The fourth-order valence-corrected chi connectivity index (χ4v) is 2.12. The van der Waals surface area contributed by atoms with E-state index in [0.717, 1.165) is 12.1 Å². The van der Waals surface area contributed by atoms with E-state index in [2.05, 4.69) is 5.32 Å². The molecule has 1 N–H and O–H groups in total. The summed E-state index contributed by atoms with van der Waals surface area (Å²) in [5, 5.41) is 13.5. The molecule has 0 fully saturated rings. The molecule has 1 amide bonds. The molecule has 130 valence electrons. The van der Waals surface area contributed by atoms with E-state index in [1.54, 1.807) is 0 Å². The van der Waals surface area contributed by atoms with Crippen LogP contribution in [0.5, 0.6) is 5.75 Å². The highest BCUT2D eigenvalue weighted by Gasteiger charge is 2.18. The van der Waals surface area contributed by atoms with Crippen molar-refractivity contribution in [3.05, 3.63) is 64.0 Å². The van der Waals surface area contributed by atoms with Gasteiger partial charge in [0.15, 0.2) is 5.78 Å². The highest BCUT2D eigenvalue weighted by Crippen LogP contribution is 2.29. The summed E-state index contributed by atoms with van der Waals surface area (Å²) in [5.74, 6) is -1.03. The number of methoxy groups -OCH3 is 1. The SMILES string of the molecule is COc1ccc(NC(=O)CCC(=O)c2ccc(F)cc2)c([N+](=O)[O-])c1. The molecule has 7 nitrogen and oxygen atoms in total. The van der Waals surface area contributed by atoms with Crippen molar-refractivity contribution in [2.45, 2.75) is 12.8 Å². The lowest BCUT2D eigenvalue weighted by Crippen LogP contribution is -2.14. The molecule has 0 atom stereocenters. The molecular weight excluding hydrogens is 331 g/mol. The molecule has 2 aromatic carbocycles.